The Morgan fingerprint density at radius 2 is 2.15 bits per heavy atom. The quantitative estimate of drug-likeness (QED) is 0.483. The van der Waals surface area contributed by atoms with Crippen molar-refractivity contribution in [2.45, 2.75) is 32.4 Å². The van der Waals surface area contributed by atoms with Gasteiger partial charge in [0.15, 0.2) is 5.76 Å². The predicted octanol–water partition coefficient (Wildman–Crippen LogP) is 0.718. The van der Waals surface area contributed by atoms with Crippen LogP contribution in [0.25, 0.3) is 0 Å². The normalized spacial score (nSPS) is 17.6. The van der Waals surface area contributed by atoms with Gasteiger partial charge in [0.05, 0.1) is 6.54 Å². The van der Waals surface area contributed by atoms with Gasteiger partial charge in [-0.15, -0.1) is 0 Å². The third-order valence-electron chi connectivity index (χ3n) is 3.97. The van der Waals surface area contributed by atoms with Crippen LogP contribution in [0.5, 0.6) is 0 Å². The number of hydrogen-bond donors (Lipinski definition) is 2. The molecule has 6 nitrogen and oxygen atoms in total. The summed E-state index contributed by atoms with van der Waals surface area (Å²) < 4.78 is 5.60. The van der Waals surface area contributed by atoms with E-state index in [4.69, 9.17) is 10.3 Å². The zero-order valence-electron chi connectivity index (χ0n) is 12.5. The molecule has 2 rings (SSSR count). The molecule has 1 saturated heterocycles. The Kier molecular flexibility index (Phi) is 4.80. The Bertz CT molecular complexity index is 462. The Morgan fingerprint density at radius 3 is 2.70 bits per heavy atom. The minimum absolute atomic E-state index is 0.311. The number of nitrogens with zero attached hydrogens (tertiary/aromatic N) is 2. The van der Waals surface area contributed by atoms with Crippen LogP contribution in [0.1, 0.15) is 34.7 Å². The van der Waals surface area contributed by atoms with Crippen LogP contribution in [0.2, 0.25) is 0 Å². The maximum Gasteiger partial charge on any atom is 0.301 e. The molecule has 1 aliphatic heterocycles. The highest BCUT2D eigenvalue weighted by atomic mass is 16.4. The van der Waals surface area contributed by atoms with Crippen LogP contribution in [0.15, 0.2) is 10.5 Å². The molecule has 0 aliphatic carbocycles. The third-order valence-corrected chi connectivity index (χ3v) is 3.97. The van der Waals surface area contributed by atoms with Crippen molar-refractivity contribution in [2.75, 3.05) is 27.2 Å². The largest absolute Gasteiger partial charge is 0.454 e. The summed E-state index contributed by atoms with van der Waals surface area (Å²) in [7, 11) is 4.27. The highest BCUT2D eigenvalue weighted by Gasteiger charge is 2.22. The summed E-state index contributed by atoms with van der Waals surface area (Å²) in [5, 5.41) is 0. The lowest BCUT2D eigenvalue weighted by molar-refractivity contribution is 0.0918. The summed E-state index contributed by atoms with van der Waals surface area (Å²) in [5.74, 6) is 5.89. The molecule has 0 spiro atoms. The summed E-state index contributed by atoms with van der Waals surface area (Å²) in [4.78, 5) is 16.2. The molecule has 1 aliphatic rings. The molecular formula is C14H24N4O2. The second-order valence-corrected chi connectivity index (χ2v) is 5.67. The molecule has 1 aromatic heterocycles. The zero-order chi connectivity index (χ0) is 14.7. The zero-order valence-corrected chi connectivity index (χ0v) is 12.5. The molecule has 3 N–H and O–H groups in total. The molecule has 2 heterocycles. The van der Waals surface area contributed by atoms with Crippen LogP contribution >= 0.6 is 0 Å². The fourth-order valence-corrected chi connectivity index (χ4v) is 2.73. The molecule has 0 radical (unpaired) electrons. The third kappa shape index (κ3) is 3.39. The van der Waals surface area contributed by atoms with Gasteiger partial charge in [-0.1, -0.05) is 0 Å². The first-order chi connectivity index (χ1) is 9.51. The van der Waals surface area contributed by atoms with Crippen molar-refractivity contribution < 1.29 is 9.21 Å². The Morgan fingerprint density at radius 1 is 1.50 bits per heavy atom. The molecular weight excluding hydrogens is 256 g/mol. The Labute approximate surface area is 119 Å². The number of aryl methyl sites for hydroxylation is 1. The number of amides is 1. The number of piperidine rings is 1. The lowest BCUT2D eigenvalue weighted by Crippen LogP contribution is -2.41. The van der Waals surface area contributed by atoms with Gasteiger partial charge in [-0.3, -0.25) is 15.1 Å². The topological polar surface area (TPSA) is 74.7 Å². The number of nitrogens with two attached hydrogens (primary N) is 1. The second kappa shape index (κ2) is 6.39. The number of nitrogens with one attached hydrogen (secondary N) is 1. The van der Waals surface area contributed by atoms with E-state index in [0.29, 0.717) is 11.8 Å². The molecule has 0 atom stereocenters. The van der Waals surface area contributed by atoms with E-state index in [0.717, 1.165) is 31.0 Å². The highest BCUT2D eigenvalue weighted by molar-refractivity contribution is 5.92. The monoisotopic (exact) mass is 280 g/mol. The number of hydrogen-bond acceptors (Lipinski definition) is 5. The number of furan rings is 1. The predicted molar refractivity (Wildman–Crippen MR) is 77.1 cm³/mol. The van der Waals surface area contributed by atoms with Crippen LogP contribution < -0.4 is 11.3 Å². The van der Waals surface area contributed by atoms with Gasteiger partial charge in [-0.2, -0.15) is 0 Å². The highest BCUT2D eigenvalue weighted by Crippen LogP contribution is 2.20. The number of nitrogen functional groups attached to an aromatic ring is 1. The molecule has 0 unspecified atom stereocenters. The Hall–Kier alpha value is -1.37. The van der Waals surface area contributed by atoms with Crippen LogP contribution in [-0.2, 0) is 6.54 Å². The summed E-state index contributed by atoms with van der Waals surface area (Å²) in [6, 6.07) is 2.59. The van der Waals surface area contributed by atoms with Gasteiger partial charge in [0.1, 0.15) is 5.76 Å². The van der Waals surface area contributed by atoms with E-state index in [1.165, 1.54) is 12.8 Å². The maximum absolute atomic E-state index is 11.5. The van der Waals surface area contributed by atoms with Gasteiger partial charge in [0, 0.05) is 24.7 Å². The van der Waals surface area contributed by atoms with Crippen LogP contribution in [0.3, 0.4) is 0 Å². The van der Waals surface area contributed by atoms with Crippen LogP contribution in [0.4, 0.5) is 0 Å². The van der Waals surface area contributed by atoms with Gasteiger partial charge in [0.2, 0.25) is 0 Å². The molecule has 0 aromatic carbocycles. The average molecular weight is 280 g/mol. The molecule has 0 bridgehead atoms. The van der Waals surface area contributed by atoms with Gasteiger partial charge in [-0.25, -0.2) is 5.84 Å². The molecule has 112 valence electrons. The van der Waals surface area contributed by atoms with E-state index in [9.17, 15) is 4.79 Å². The first-order valence-electron chi connectivity index (χ1n) is 7.00. The average Bonchev–Trinajstić information content (AvgIpc) is 2.79. The van der Waals surface area contributed by atoms with Gasteiger partial charge in [0.25, 0.3) is 0 Å². The number of hydrazine groups is 1. The van der Waals surface area contributed by atoms with E-state index < -0.39 is 0 Å². The van der Waals surface area contributed by atoms with E-state index in [1.807, 2.05) is 13.0 Å². The van der Waals surface area contributed by atoms with E-state index in [2.05, 4.69) is 29.3 Å². The minimum atomic E-state index is -0.375. The van der Waals surface area contributed by atoms with Crippen molar-refractivity contribution in [1.82, 2.24) is 15.2 Å². The standard InChI is InChI=1S/C14H24N4O2/c1-10-8-12(20-13(10)14(19)16-15)9-18-6-4-11(5-7-18)17(2)3/h8,11H,4-7,9,15H2,1-3H3,(H,16,19). The summed E-state index contributed by atoms with van der Waals surface area (Å²) in [5.41, 5.74) is 2.93. The molecule has 0 saturated carbocycles. The number of likely N-dealkylation sites (tertiary alicyclic amines) is 1. The molecule has 1 amide bonds. The first-order valence-corrected chi connectivity index (χ1v) is 7.00. The lowest BCUT2D eigenvalue weighted by atomic mass is 10.0. The summed E-state index contributed by atoms with van der Waals surface area (Å²) in [6.45, 7) is 4.72. The minimum Gasteiger partial charge on any atom is -0.454 e. The van der Waals surface area contributed by atoms with Crippen molar-refractivity contribution in [2.24, 2.45) is 5.84 Å². The van der Waals surface area contributed by atoms with Gasteiger partial charge in [-0.05, 0) is 39.9 Å². The van der Waals surface area contributed by atoms with Crippen molar-refractivity contribution in [3.8, 4) is 0 Å². The van der Waals surface area contributed by atoms with Crippen LogP contribution in [0, 0.1) is 6.92 Å². The van der Waals surface area contributed by atoms with E-state index >= 15 is 0 Å². The number of rotatable bonds is 4. The summed E-state index contributed by atoms with van der Waals surface area (Å²) >= 11 is 0. The molecule has 20 heavy (non-hydrogen) atoms. The number of carbonyl (C=O) groups is 1. The molecule has 1 aromatic rings. The smallest absolute Gasteiger partial charge is 0.301 e. The van der Waals surface area contributed by atoms with Crippen molar-refractivity contribution in [3.05, 3.63) is 23.2 Å². The maximum atomic E-state index is 11.5. The van der Waals surface area contributed by atoms with Gasteiger partial charge < -0.3 is 9.32 Å². The van der Waals surface area contributed by atoms with Gasteiger partial charge >= 0.3 is 5.91 Å². The summed E-state index contributed by atoms with van der Waals surface area (Å²) in [6.07, 6.45) is 2.34. The fourth-order valence-electron chi connectivity index (χ4n) is 2.73. The van der Waals surface area contributed by atoms with E-state index in [1.54, 1.807) is 0 Å². The lowest BCUT2D eigenvalue weighted by Gasteiger charge is -2.34. The van der Waals surface area contributed by atoms with Crippen molar-refractivity contribution >= 4 is 5.91 Å². The first kappa shape index (κ1) is 15.0. The van der Waals surface area contributed by atoms with Crippen molar-refractivity contribution in [3.63, 3.8) is 0 Å². The Balaban J connectivity index is 1.93. The van der Waals surface area contributed by atoms with Crippen molar-refractivity contribution in [1.29, 1.82) is 0 Å². The molecule has 1 fully saturated rings. The van der Waals surface area contributed by atoms with E-state index in [-0.39, 0.29) is 5.91 Å². The number of carbonyl (C=O) groups excluding carboxylic acids is 1. The fraction of sp³-hybridized carbons (Fsp3) is 0.643. The molecule has 6 heteroatoms. The van der Waals surface area contributed by atoms with Crippen LogP contribution in [-0.4, -0.2) is 48.9 Å². The SMILES string of the molecule is Cc1cc(CN2CCC(N(C)C)CC2)oc1C(=O)NN. The second-order valence-electron chi connectivity index (χ2n) is 5.67.